The first-order valence-electron chi connectivity index (χ1n) is 10.2. The van der Waals surface area contributed by atoms with Crippen LogP contribution in [0.1, 0.15) is 60.1 Å². The van der Waals surface area contributed by atoms with E-state index >= 15 is 0 Å². The van der Waals surface area contributed by atoms with E-state index in [2.05, 4.69) is 4.98 Å². The number of benzene rings is 1. The maximum Gasteiger partial charge on any atom is 0.181 e. The molecule has 2 aromatic rings. The van der Waals surface area contributed by atoms with Gasteiger partial charge < -0.3 is 9.47 Å². The van der Waals surface area contributed by atoms with E-state index in [1.54, 1.807) is 12.3 Å². The molecule has 1 saturated heterocycles. The first-order chi connectivity index (χ1) is 14.1. The molecule has 0 saturated carbocycles. The molecule has 0 aliphatic carbocycles. The zero-order valence-electron chi connectivity index (χ0n) is 16.5. The number of hydrogen-bond donors (Lipinski definition) is 0. The third-order valence-electron chi connectivity index (χ3n) is 5.24. The first kappa shape index (κ1) is 21.5. The average molecular weight is 403 g/mol. The minimum Gasteiger partial charge on any atom is -0.381 e. The lowest BCUT2D eigenvalue weighted by Gasteiger charge is -2.21. The molecule has 0 radical (unpaired) electrons. The van der Waals surface area contributed by atoms with E-state index in [9.17, 15) is 13.6 Å². The number of ketones is 1. The Kier molecular flexibility index (Phi) is 8.25. The molecule has 3 rings (SSSR count). The van der Waals surface area contributed by atoms with E-state index in [0.29, 0.717) is 17.7 Å². The van der Waals surface area contributed by atoms with Gasteiger partial charge in [-0.1, -0.05) is 25.0 Å². The molecule has 1 aliphatic heterocycles. The van der Waals surface area contributed by atoms with Gasteiger partial charge in [0.1, 0.15) is 5.69 Å². The molecule has 6 heteroatoms. The van der Waals surface area contributed by atoms with Crippen molar-refractivity contribution in [3.63, 3.8) is 0 Å². The topological polar surface area (TPSA) is 48.4 Å². The molecule has 1 aromatic carbocycles. The summed E-state index contributed by atoms with van der Waals surface area (Å²) in [6, 6.07) is 7.22. The highest BCUT2D eigenvalue weighted by molar-refractivity contribution is 5.94. The predicted octanol–water partition coefficient (Wildman–Crippen LogP) is 5.25. The molecule has 0 N–H and O–H groups in total. The van der Waals surface area contributed by atoms with Crippen LogP contribution in [0.15, 0.2) is 36.5 Å². The lowest BCUT2D eigenvalue weighted by atomic mass is 9.93. The summed E-state index contributed by atoms with van der Waals surface area (Å²) in [4.78, 5) is 16.5. The second kappa shape index (κ2) is 11.1. The van der Waals surface area contributed by atoms with Gasteiger partial charge in [-0.05, 0) is 54.5 Å². The molecule has 29 heavy (non-hydrogen) atoms. The number of ether oxygens (including phenoxy) is 2. The van der Waals surface area contributed by atoms with Gasteiger partial charge in [-0.25, -0.2) is 8.78 Å². The molecule has 0 bridgehead atoms. The van der Waals surface area contributed by atoms with Crippen LogP contribution in [0.2, 0.25) is 0 Å². The molecule has 0 spiro atoms. The summed E-state index contributed by atoms with van der Waals surface area (Å²) in [6.07, 6.45) is 7.52. The summed E-state index contributed by atoms with van der Waals surface area (Å²) in [5.74, 6) is -0.959. The van der Waals surface area contributed by atoms with Crippen molar-refractivity contribution in [2.45, 2.75) is 51.7 Å². The highest BCUT2D eigenvalue weighted by Crippen LogP contribution is 2.21. The van der Waals surface area contributed by atoms with Gasteiger partial charge in [0.15, 0.2) is 17.4 Å². The Hall–Kier alpha value is -2.18. The quantitative estimate of drug-likeness (QED) is 0.402. The van der Waals surface area contributed by atoms with Crippen molar-refractivity contribution in [1.29, 1.82) is 0 Å². The van der Waals surface area contributed by atoms with Gasteiger partial charge in [0.25, 0.3) is 0 Å². The average Bonchev–Trinajstić information content (AvgIpc) is 2.75. The van der Waals surface area contributed by atoms with Crippen molar-refractivity contribution in [3.8, 4) is 0 Å². The van der Waals surface area contributed by atoms with Crippen LogP contribution in [0, 0.1) is 17.6 Å². The van der Waals surface area contributed by atoms with Crippen molar-refractivity contribution in [1.82, 2.24) is 4.98 Å². The molecule has 156 valence electrons. The van der Waals surface area contributed by atoms with Crippen LogP contribution in [0.4, 0.5) is 8.78 Å². The summed E-state index contributed by atoms with van der Waals surface area (Å²) in [6.45, 7) is 2.19. The third-order valence-corrected chi connectivity index (χ3v) is 5.24. The maximum atomic E-state index is 13.2. The van der Waals surface area contributed by atoms with Gasteiger partial charge >= 0.3 is 0 Å². The zero-order valence-corrected chi connectivity index (χ0v) is 16.5. The molecule has 2 heterocycles. The van der Waals surface area contributed by atoms with Crippen LogP contribution in [-0.4, -0.2) is 24.0 Å². The fraction of sp³-hybridized carbons (Fsp3) is 0.478. The van der Waals surface area contributed by atoms with E-state index < -0.39 is 11.6 Å². The Morgan fingerprint density at radius 3 is 2.52 bits per heavy atom. The molecular weight excluding hydrogens is 376 g/mol. The lowest BCUT2D eigenvalue weighted by molar-refractivity contribution is 0.0630. The van der Waals surface area contributed by atoms with Crippen molar-refractivity contribution in [2.75, 3.05) is 13.2 Å². The number of nitrogens with zero attached hydrogens (tertiary/aromatic N) is 1. The molecule has 0 atom stereocenters. The zero-order chi connectivity index (χ0) is 20.5. The van der Waals surface area contributed by atoms with E-state index in [1.165, 1.54) is 6.07 Å². The Morgan fingerprint density at radius 1 is 1.03 bits per heavy atom. The van der Waals surface area contributed by atoms with Crippen LogP contribution in [0.25, 0.3) is 0 Å². The largest absolute Gasteiger partial charge is 0.381 e. The van der Waals surface area contributed by atoms with Gasteiger partial charge in [0.05, 0.1) is 13.2 Å². The molecule has 4 nitrogen and oxygen atoms in total. The molecule has 0 amide bonds. The molecule has 1 aromatic heterocycles. The second-order valence-electron chi connectivity index (χ2n) is 7.52. The summed E-state index contributed by atoms with van der Waals surface area (Å²) in [5, 5.41) is 0. The number of carbonyl (C=O) groups excluding carboxylic acids is 1. The number of Topliss-reactive ketones (excluding diaryl/α,β-unsaturated/α-hetero) is 1. The van der Waals surface area contributed by atoms with Crippen LogP contribution in [0.5, 0.6) is 0 Å². The Morgan fingerprint density at radius 2 is 1.79 bits per heavy atom. The number of pyridine rings is 1. The third kappa shape index (κ3) is 6.98. The molecule has 1 fully saturated rings. The van der Waals surface area contributed by atoms with E-state index in [4.69, 9.17) is 9.47 Å². The van der Waals surface area contributed by atoms with E-state index in [-0.39, 0.29) is 19.0 Å². The number of unbranched alkanes of at least 4 members (excludes halogenated alkanes) is 1. The number of carbonyl (C=O) groups is 1. The normalized spacial score (nSPS) is 14.8. The summed E-state index contributed by atoms with van der Waals surface area (Å²) >= 11 is 0. The van der Waals surface area contributed by atoms with Gasteiger partial charge in [-0.3, -0.25) is 9.78 Å². The second-order valence-corrected chi connectivity index (χ2v) is 7.52. The highest BCUT2D eigenvalue weighted by Gasteiger charge is 2.14. The number of halogens is 2. The van der Waals surface area contributed by atoms with Crippen molar-refractivity contribution in [2.24, 2.45) is 5.92 Å². The van der Waals surface area contributed by atoms with E-state index in [0.717, 1.165) is 68.9 Å². The smallest absolute Gasteiger partial charge is 0.181 e. The van der Waals surface area contributed by atoms with Gasteiger partial charge in [0, 0.05) is 25.8 Å². The van der Waals surface area contributed by atoms with E-state index in [1.807, 2.05) is 6.07 Å². The fourth-order valence-electron chi connectivity index (χ4n) is 3.47. The van der Waals surface area contributed by atoms with Gasteiger partial charge in [-0.15, -0.1) is 0 Å². The maximum absolute atomic E-state index is 13.2. The highest BCUT2D eigenvalue weighted by atomic mass is 19.2. The Labute approximate surface area is 170 Å². The number of aromatic nitrogens is 1. The monoisotopic (exact) mass is 403 g/mol. The minimum atomic E-state index is -0.886. The molecular formula is C23H27F2NO3. The fourth-order valence-corrected chi connectivity index (χ4v) is 3.47. The minimum absolute atomic E-state index is 0.0613. The van der Waals surface area contributed by atoms with Crippen LogP contribution in [-0.2, 0) is 22.7 Å². The Balaban J connectivity index is 1.36. The van der Waals surface area contributed by atoms with Crippen molar-refractivity contribution < 1.29 is 23.0 Å². The number of hydrogen-bond acceptors (Lipinski definition) is 4. The SMILES string of the molecule is O=C(CCCCC1CCOCC1)c1ccc(COCc2ccc(F)c(F)c2)cn1. The Bertz CT molecular complexity index is 789. The summed E-state index contributed by atoms with van der Waals surface area (Å²) < 4.78 is 37.0. The summed E-state index contributed by atoms with van der Waals surface area (Å²) in [5.41, 5.74) is 1.86. The van der Waals surface area contributed by atoms with Crippen molar-refractivity contribution in [3.05, 3.63) is 65.0 Å². The predicted molar refractivity (Wildman–Crippen MR) is 105 cm³/mol. The molecule has 1 aliphatic rings. The van der Waals surface area contributed by atoms with Crippen LogP contribution in [0.3, 0.4) is 0 Å². The number of rotatable bonds is 10. The van der Waals surface area contributed by atoms with Crippen LogP contribution < -0.4 is 0 Å². The summed E-state index contributed by atoms with van der Waals surface area (Å²) in [7, 11) is 0. The van der Waals surface area contributed by atoms with Crippen LogP contribution >= 0.6 is 0 Å². The lowest BCUT2D eigenvalue weighted by Crippen LogP contribution is -2.15. The van der Waals surface area contributed by atoms with Crippen molar-refractivity contribution >= 4 is 5.78 Å². The molecule has 0 unspecified atom stereocenters. The standard InChI is InChI=1S/C23H27F2NO3/c24-20-7-5-18(13-21(20)25)15-29-16-19-6-8-22(26-14-19)23(27)4-2-1-3-17-9-11-28-12-10-17/h5-8,13-14,17H,1-4,9-12,15-16H2. The first-order valence-corrected chi connectivity index (χ1v) is 10.2. The van der Waals surface area contributed by atoms with Gasteiger partial charge in [-0.2, -0.15) is 0 Å². The van der Waals surface area contributed by atoms with Gasteiger partial charge in [0.2, 0.25) is 0 Å².